The highest BCUT2D eigenvalue weighted by molar-refractivity contribution is 8.00. The Hall–Kier alpha value is 0.350. The highest BCUT2D eigenvalue weighted by Crippen LogP contribution is 2.29. The van der Waals surface area contributed by atoms with Gasteiger partial charge in [0.2, 0.25) is 0 Å². The standard InChI is InChI=1S/C8H13ClF3NOS/c9-5-7-6-13(1-3-14-7)2-4-15-8(10,11)12/h7H,1-6H2. The van der Waals surface area contributed by atoms with Gasteiger partial charge in [-0.15, -0.1) is 11.6 Å². The molecule has 15 heavy (non-hydrogen) atoms. The molecule has 1 fully saturated rings. The van der Waals surface area contributed by atoms with Crippen molar-refractivity contribution in [2.45, 2.75) is 11.6 Å². The van der Waals surface area contributed by atoms with Crippen LogP contribution < -0.4 is 0 Å². The van der Waals surface area contributed by atoms with Crippen LogP contribution >= 0.6 is 23.4 Å². The van der Waals surface area contributed by atoms with Crippen LogP contribution in [0.25, 0.3) is 0 Å². The molecule has 1 aliphatic rings. The Morgan fingerprint density at radius 2 is 2.20 bits per heavy atom. The lowest BCUT2D eigenvalue weighted by molar-refractivity contribution is -0.0335. The molecule has 1 saturated heterocycles. The number of ether oxygens (including phenoxy) is 1. The highest BCUT2D eigenvalue weighted by Gasteiger charge is 2.28. The van der Waals surface area contributed by atoms with Crippen molar-refractivity contribution in [3.05, 3.63) is 0 Å². The minimum absolute atomic E-state index is 0.0206. The summed E-state index contributed by atoms with van der Waals surface area (Å²) in [6.45, 7) is 2.29. The summed E-state index contributed by atoms with van der Waals surface area (Å²) in [5, 5.41) is 0. The third-order valence-corrected chi connectivity index (χ3v) is 3.13. The molecular formula is C8H13ClF3NOS. The molecule has 0 saturated carbocycles. The molecule has 2 nitrogen and oxygen atoms in total. The van der Waals surface area contributed by atoms with Gasteiger partial charge in [0.15, 0.2) is 0 Å². The van der Waals surface area contributed by atoms with E-state index in [4.69, 9.17) is 16.3 Å². The smallest absolute Gasteiger partial charge is 0.374 e. The van der Waals surface area contributed by atoms with Gasteiger partial charge in [-0.1, -0.05) is 0 Å². The lowest BCUT2D eigenvalue weighted by Crippen LogP contribution is -2.44. The average molecular weight is 264 g/mol. The molecular weight excluding hydrogens is 251 g/mol. The van der Waals surface area contributed by atoms with Gasteiger partial charge in [0.05, 0.1) is 12.7 Å². The van der Waals surface area contributed by atoms with Gasteiger partial charge < -0.3 is 4.74 Å². The first-order valence-electron chi connectivity index (χ1n) is 4.62. The first kappa shape index (κ1) is 13.4. The van der Waals surface area contributed by atoms with E-state index in [-0.39, 0.29) is 23.6 Å². The van der Waals surface area contributed by atoms with Crippen molar-refractivity contribution in [2.24, 2.45) is 0 Å². The van der Waals surface area contributed by atoms with Crippen LogP contribution in [0.1, 0.15) is 0 Å². The van der Waals surface area contributed by atoms with Gasteiger partial charge in [0.1, 0.15) is 0 Å². The third-order valence-electron chi connectivity index (χ3n) is 2.07. The first-order valence-corrected chi connectivity index (χ1v) is 6.14. The number of hydrogen-bond donors (Lipinski definition) is 0. The predicted octanol–water partition coefficient (Wildman–Crippen LogP) is 2.18. The van der Waals surface area contributed by atoms with Crippen LogP contribution in [0.5, 0.6) is 0 Å². The molecule has 0 aromatic carbocycles. The SMILES string of the molecule is FC(F)(F)SCCN1CCOC(CCl)C1. The second-order valence-electron chi connectivity index (χ2n) is 3.24. The van der Waals surface area contributed by atoms with Crippen LogP contribution in [0, 0.1) is 0 Å². The molecule has 0 radical (unpaired) electrons. The van der Waals surface area contributed by atoms with E-state index in [2.05, 4.69) is 0 Å². The minimum Gasteiger partial charge on any atom is -0.374 e. The number of alkyl halides is 4. The Bertz CT molecular complexity index is 193. The Kier molecular flexibility index (Phi) is 5.52. The van der Waals surface area contributed by atoms with Crippen LogP contribution in [0.4, 0.5) is 13.2 Å². The molecule has 1 aliphatic heterocycles. The number of hydrogen-bond acceptors (Lipinski definition) is 3. The summed E-state index contributed by atoms with van der Waals surface area (Å²) in [5.74, 6) is 0.460. The maximum atomic E-state index is 11.9. The van der Waals surface area contributed by atoms with E-state index in [1.807, 2.05) is 4.90 Å². The van der Waals surface area contributed by atoms with Crippen molar-refractivity contribution >= 4 is 23.4 Å². The zero-order valence-corrected chi connectivity index (χ0v) is 9.67. The lowest BCUT2D eigenvalue weighted by Gasteiger charge is -2.31. The summed E-state index contributed by atoms with van der Waals surface area (Å²) >= 11 is 5.64. The molecule has 0 aliphatic carbocycles. The Labute approximate surface area is 96.1 Å². The van der Waals surface area contributed by atoms with Crippen LogP contribution in [-0.2, 0) is 4.74 Å². The molecule has 1 atom stereocenters. The Morgan fingerprint density at radius 3 is 2.80 bits per heavy atom. The maximum absolute atomic E-state index is 11.9. The second-order valence-corrected chi connectivity index (χ2v) is 4.71. The van der Waals surface area contributed by atoms with Gasteiger partial charge in [-0.3, -0.25) is 4.90 Å². The monoisotopic (exact) mass is 263 g/mol. The zero-order chi connectivity index (χ0) is 11.3. The highest BCUT2D eigenvalue weighted by atomic mass is 35.5. The molecule has 1 heterocycles. The van der Waals surface area contributed by atoms with Gasteiger partial charge in [-0.2, -0.15) is 13.2 Å². The molecule has 0 amide bonds. The molecule has 0 aromatic rings. The molecule has 7 heteroatoms. The Morgan fingerprint density at radius 1 is 1.47 bits per heavy atom. The van der Waals surface area contributed by atoms with Crippen LogP contribution in [-0.4, -0.2) is 54.4 Å². The maximum Gasteiger partial charge on any atom is 0.441 e. The molecule has 1 unspecified atom stereocenters. The van der Waals surface area contributed by atoms with E-state index < -0.39 is 5.51 Å². The van der Waals surface area contributed by atoms with E-state index in [1.165, 1.54) is 0 Å². The Balaban J connectivity index is 2.15. The number of thioether (sulfide) groups is 1. The van der Waals surface area contributed by atoms with Crippen molar-refractivity contribution < 1.29 is 17.9 Å². The van der Waals surface area contributed by atoms with Gasteiger partial charge in [0, 0.05) is 31.3 Å². The van der Waals surface area contributed by atoms with Gasteiger partial charge >= 0.3 is 5.51 Å². The summed E-state index contributed by atoms with van der Waals surface area (Å²) in [7, 11) is 0. The van der Waals surface area contributed by atoms with Crippen LogP contribution in [0.15, 0.2) is 0 Å². The van der Waals surface area contributed by atoms with Crippen molar-refractivity contribution in [1.29, 1.82) is 0 Å². The van der Waals surface area contributed by atoms with E-state index in [0.717, 1.165) is 0 Å². The minimum atomic E-state index is -4.13. The summed E-state index contributed by atoms with van der Waals surface area (Å²) in [4.78, 5) is 1.95. The van der Waals surface area contributed by atoms with Crippen molar-refractivity contribution in [3.63, 3.8) is 0 Å². The largest absolute Gasteiger partial charge is 0.441 e. The summed E-state index contributed by atoms with van der Waals surface area (Å²) in [6.07, 6.45) is -0.0451. The van der Waals surface area contributed by atoms with E-state index >= 15 is 0 Å². The molecule has 1 rings (SSSR count). The fraction of sp³-hybridized carbons (Fsp3) is 1.00. The number of rotatable bonds is 4. The van der Waals surface area contributed by atoms with E-state index in [9.17, 15) is 13.2 Å². The van der Waals surface area contributed by atoms with Crippen molar-refractivity contribution in [2.75, 3.05) is 37.9 Å². The number of nitrogens with zero attached hydrogens (tertiary/aromatic N) is 1. The zero-order valence-electron chi connectivity index (χ0n) is 8.10. The average Bonchev–Trinajstić information content (AvgIpc) is 2.16. The summed E-state index contributed by atoms with van der Waals surface area (Å²) < 4.78 is 40.9. The predicted molar refractivity (Wildman–Crippen MR) is 55.4 cm³/mol. The van der Waals surface area contributed by atoms with Crippen molar-refractivity contribution in [3.8, 4) is 0 Å². The normalized spacial score (nSPS) is 24.4. The quantitative estimate of drug-likeness (QED) is 0.722. The third kappa shape index (κ3) is 5.85. The molecule has 0 spiro atoms. The first-order chi connectivity index (χ1) is 7.01. The molecule has 0 bridgehead atoms. The molecule has 0 N–H and O–H groups in total. The van der Waals surface area contributed by atoms with E-state index in [0.29, 0.717) is 32.1 Å². The number of halogens is 4. The lowest BCUT2D eigenvalue weighted by atomic mass is 10.3. The van der Waals surface area contributed by atoms with Crippen LogP contribution in [0.2, 0.25) is 0 Å². The summed E-state index contributed by atoms with van der Waals surface area (Å²) in [6, 6.07) is 0. The fourth-order valence-electron chi connectivity index (χ4n) is 1.37. The van der Waals surface area contributed by atoms with Crippen LogP contribution in [0.3, 0.4) is 0 Å². The van der Waals surface area contributed by atoms with Gasteiger partial charge in [0.25, 0.3) is 0 Å². The van der Waals surface area contributed by atoms with Gasteiger partial charge in [-0.05, 0) is 11.8 Å². The summed E-state index contributed by atoms with van der Waals surface area (Å²) in [5.41, 5.74) is -4.13. The topological polar surface area (TPSA) is 12.5 Å². The van der Waals surface area contributed by atoms with Gasteiger partial charge in [-0.25, -0.2) is 0 Å². The second kappa shape index (κ2) is 6.18. The van der Waals surface area contributed by atoms with E-state index in [1.54, 1.807) is 0 Å². The molecule has 0 aromatic heterocycles. The molecule has 90 valence electrons. The number of morpholine rings is 1. The fourth-order valence-corrected chi connectivity index (χ4v) is 2.13. The van der Waals surface area contributed by atoms with Crippen molar-refractivity contribution in [1.82, 2.24) is 4.90 Å².